The largest absolute Gasteiger partial charge is 0.416 e. The number of nitrogens with two attached hydrogens (primary N) is 1. The van der Waals surface area contributed by atoms with Crippen LogP contribution in [0.1, 0.15) is 24.0 Å². The summed E-state index contributed by atoms with van der Waals surface area (Å²) in [5.74, 6) is -0.562. The number of alkyl halides is 3. The fourth-order valence-electron chi connectivity index (χ4n) is 2.52. The van der Waals surface area contributed by atoms with Gasteiger partial charge in [-0.1, -0.05) is 18.2 Å². The first-order valence-corrected chi connectivity index (χ1v) is 6.05. The number of piperidine rings is 1. The average Bonchev–Trinajstić information content (AvgIpc) is 2.38. The quantitative estimate of drug-likeness (QED) is 0.862. The molecule has 3 N–H and O–H groups in total. The van der Waals surface area contributed by atoms with Crippen molar-refractivity contribution in [1.29, 1.82) is 0 Å². The molecular formula is C13H15F3N2O. The predicted octanol–water partition coefficient (Wildman–Crippen LogP) is 1.81. The lowest BCUT2D eigenvalue weighted by atomic mass is 9.72. The van der Waals surface area contributed by atoms with Crippen LogP contribution in [-0.2, 0) is 16.4 Å². The van der Waals surface area contributed by atoms with E-state index in [1.54, 1.807) is 6.07 Å². The zero-order chi connectivity index (χ0) is 14.1. The number of carbonyl (C=O) groups is 1. The zero-order valence-corrected chi connectivity index (χ0v) is 10.3. The number of carbonyl (C=O) groups excluding carboxylic acids is 1. The van der Waals surface area contributed by atoms with Gasteiger partial charge in [-0.15, -0.1) is 0 Å². The molecule has 19 heavy (non-hydrogen) atoms. The maximum Gasteiger partial charge on any atom is 0.416 e. The van der Waals surface area contributed by atoms with Crippen LogP contribution < -0.4 is 11.1 Å². The Hall–Kier alpha value is -1.56. The Bertz CT molecular complexity index is 479. The van der Waals surface area contributed by atoms with Crippen molar-refractivity contribution in [2.24, 2.45) is 5.73 Å². The van der Waals surface area contributed by atoms with Crippen LogP contribution in [0.25, 0.3) is 0 Å². The number of benzene rings is 1. The van der Waals surface area contributed by atoms with E-state index in [0.29, 0.717) is 31.5 Å². The van der Waals surface area contributed by atoms with Gasteiger partial charge in [-0.2, -0.15) is 13.2 Å². The molecule has 0 bridgehead atoms. The number of rotatable bonds is 2. The fourth-order valence-corrected chi connectivity index (χ4v) is 2.52. The smallest absolute Gasteiger partial charge is 0.369 e. The molecule has 0 atom stereocenters. The Balaban J connectivity index is 2.46. The molecule has 0 saturated carbocycles. The van der Waals surface area contributed by atoms with E-state index < -0.39 is 23.1 Å². The molecule has 1 aliphatic rings. The summed E-state index contributed by atoms with van der Waals surface area (Å²) >= 11 is 0. The van der Waals surface area contributed by atoms with E-state index in [1.807, 2.05) is 0 Å². The molecule has 0 unspecified atom stereocenters. The van der Waals surface area contributed by atoms with E-state index in [-0.39, 0.29) is 0 Å². The Kier molecular flexibility index (Phi) is 3.54. The lowest BCUT2D eigenvalue weighted by Gasteiger charge is -2.35. The highest BCUT2D eigenvalue weighted by atomic mass is 19.4. The van der Waals surface area contributed by atoms with E-state index in [1.165, 1.54) is 6.07 Å². The van der Waals surface area contributed by atoms with Crippen molar-refractivity contribution in [2.75, 3.05) is 13.1 Å². The summed E-state index contributed by atoms with van der Waals surface area (Å²) in [6.45, 7) is 1.14. The van der Waals surface area contributed by atoms with Crippen LogP contribution in [0.5, 0.6) is 0 Å². The Morgan fingerprint density at radius 2 is 1.89 bits per heavy atom. The molecule has 1 amide bonds. The SMILES string of the molecule is NC(=O)C1(c2cccc(C(F)(F)F)c2)CCNCC1. The molecule has 3 nitrogen and oxygen atoms in total. The molecule has 0 aliphatic carbocycles. The van der Waals surface area contributed by atoms with Gasteiger partial charge in [0.15, 0.2) is 0 Å². The van der Waals surface area contributed by atoms with E-state index in [4.69, 9.17) is 5.73 Å². The summed E-state index contributed by atoms with van der Waals surface area (Å²) in [4.78, 5) is 11.8. The van der Waals surface area contributed by atoms with Gasteiger partial charge in [-0.3, -0.25) is 4.79 Å². The Morgan fingerprint density at radius 1 is 1.26 bits per heavy atom. The van der Waals surface area contributed by atoms with Gasteiger partial charge in [0.2, 0.25) is 5.91 Å². The summed E-state index contributed by atoms with van der Waals surface area (Å²) in [6.07, 6.45) is -3.57. The summed E-state index contributed by atoms with van der Waals surface area (Å²) in [5.41, 5.74) is 4.06. The standard InChI is InChI=1S/C13H15F3N2O/c14-13(15,16)10-3-1-2-9(8-10)12(11(17)19)4-6-18-7-5-12/h1-3,8,18H,4-7H2,(H2,17,19). The van der Waals surface area contributed by atoms with E-state index >= 15 is 0 Å². The van der Waals surface area contributed by atoms with Crippen LogP contribution >= 0.6 is 0 Å². The normalized spacial score (nSPS) is 19.1. The van der Waals surface area contributed by atoms with Crippen molar-refractivity contribution in [2.45, 2.75) is 24.4 Å². The van der Waals surface area contributed by atoms with Gasteiger partial charge in [-0.25, -0.2) is 0 Å². The average molecular weight is 272 g/mol. The van der Waals surface area contributed by atoms with Crippen LogP contribution in [0, 0.1) is 0 Å². The van der Waals surface area contributed by atoms with E-state index in [2.05, 4.69) is 5.32 Å². The molecule has 0 radical (unpaired) electrons. The van der Waals surface area contributed by atoms with Crippen LogP contribution in [0.15, 0.2) is 24.3 Å². The van der Waals surface area contributed by atoms with Crippen molar-refractivity contribution in [1.82, 2.24) is 5.32 Å². The van der Waals surface area contributed by atoms with Gasteiger partial charge in [0, 0.05) is 0 Å². The molecule has 1 aliphatic heterocycles. The highest BCUT2D eigenvalue weighted by Gasteiger charge is 2.41. The zero-order valence-electron chi connectivity index (χ0n) is 10.3. The number of hydrogen-bond donors (Lipinski definition) is 2. The maximum absolute atomic E-state index is 12.7. The van der Waals surface area contributed by atoms with E-state index in [9.17, 15) is 18.0 Å². The number of nitrogens with one attached hydrogen (secondary N) is 1. The van der Waals surface area contributed by atoms with Crippen molar-refractivity contribution in [3.8, 4) is 0 Å². The minimum atomic E-state index is -4.41. The first-order chi connectivity index (χ1) is 8.86. The van der Waals surface area contributed by atoms with Gasteiger partial charge < -0.3 is 11.1 Å². The number of primary amides is 1. The minimum Gasteiger partial charge on any atom is -0.369 e. The summed E-state index contributed by atoms with van der Waals surface area (Å²) < 4.78 is 38.2. The maximum atomic E-state index is 12.7. The van der Waals surface area contributed by atoms with Crippen molar-refractivity contribution < 1.29 is 18.0 Å². The van der Waals surface area contributed by atoms with Crippen molar-refractivity contribution in [3.05, 3.63) is 35.4 Å². The molecule has 1 aromatic rings. The Labute approximate surface area is 109 Å². The van der Waals surface area contributed by atoms with Crippen molar-refractivity contribution in [3.63, 3.8) is 0 Å². The first kappa shape index (κ1) is 13.9. The molecule has 1 aromatic carbocycles. The molecule has 1 saturated heterocycles. The van der Waals surface area contributed by atoms with Gasteiger partial charge in [0.1, 0.15) is 0 Å². The molecule has 1 fully saturated rings. The highest BCUT2D eigenvalue weighted by molar-refractivity contribution is 5.87. The highest BCUT2D eigenvalue weighted by Crippen LogP contribution is 2.37. The monoisotopic (exact) mass is 272 g/mol. The van der Waals surface area contributed by atoms with Crippen LogP contribution in [0.3, 0.4) is 0 Å². The molecule has 0 spiro atoms. The predicted molar refractivity (Wildman–Crippen MR) is 64.4 cm³/mol. The lowest BCUT2D eigenvalue weighted by molar-refractivity contribution is -0.138. The lowest BCUT2D eigenvalue weighted by Crippen LogP contribution is -2.48. The van der Waals surface area contributed by atoms with Crippen molar-refractivity contribution >= 4 is 5.91 Å². The molecule has 104 valence electrons. The van der Waals surface area contributed by atoms with Gasteiger partial charge >= 0.3 is 6.18 Å². The fraction of sp³-hybridized carbons (Fsp3) is 0.462. The molecule has 2 rings (SSSR count). The second kappa shape index (κ2) is 4.85. The second-order valence-corrected chi connectivity index (χ2v) is 4.77. The minimum absolute atomic E-state index is 0.358. The topological polar surface area (TPSA) is 55.1 Å². The summed E-state index contributed by atoms with van der Waals surface area (Å²) in [5, 5.41) is 3.08. The van der Waals surface area contributed by atoms with Crippen LogP contribution in [0.2, 0.25) is 0 Å². The summed E-state index contributed by atoms with van der Waals surface area (Å²) in [6, 6.07) is 4.91. The first-order valence-electron chi connectivity index (χ1n) is 6.05. The van der Waals surface area contributed by atoms with Crippen LogP contribution in [0.4, 0.5) is 13.2 Å². The number of halogens is 3. The number of amides is 1. The van der Waals surface area contributed by atoms with E-state index in [0.717, 1.165) is 12.1 Å². The molecule has 0 aromatic heterocycles. The molecule has 1 heterocycles. The summed E-state index contributed by atoms with van der Waals surface area (Å²) in [7, 11) is 0. The van der Waals surface area contributed by atoms with Gasteiger partial charge in [-0.05, 0) is 37.6 Å². The third kappa shape index (κ3) is 2.58. The third-order valence-corrected chi connectivity index (χ3v) is 3.67. The van der Waals surface area contributed by atoms with Gasteiger partial charge in [0.05, 0.1) is 11.0 Å². The third-order valence-electron chi connectivity index (χ3n) is 3.67. The molecular weight excluding hydrogens is 257 g/mol. The van der Waals surface area contributed by atoms with Crippen LogP contribution in [-0.4, -0.2) is 19.0 Å². The van der Waals surface area contributed by atoms with Gasteiger partial charge in [0.25, 0.3) is 0 Å². The number of hydrogen-bond acceptors (Lipinski definition) is 2. The second-order valence-electron chi connectivity index (χ2n) is 4.77. The Morgan fingerprint density at radius 3 is 2.42 bits per heavy atom. The molecule has 6 heteroatoms.